The molecule has 2 aromatic rings. The Morgan fingerprint density at radius 1 is 1.00 bits per heavy atom. The van der Waals surface area contributed by atoms with Gasteiger partial charge in [-0.15, -0.1) is 0 Å². The highest BCUT2D eigenvalue weighted by atomic mass is 79.9. The maximum absolute atomic E-state index is 12.4. The van der Waals surface area contributed by atoms with Gasteiger partial charge in [-0.3, -0.25) is 4.31 Å². The Labute approximate surface area is 120 Å². The van der Waals surface area contributed by atoms with Gasteiger partial charge in [0.05, 0.1) is 10.6 Å². The molecule has 100 valence electrons. The highest BCUT2D eigenvalue weighted by Crippen LogP contribution is 2.24. The second-order valence-corrected chi connectivity index (χ2v) is 6.83. The lowest BCUT2D eigenvalue weighted by Crippen LogP contribution is -2.26. The van der Waals surface area contributed by atoms with Gasteiger partial charge < -0.3 is 5.11 Å². The van der Waals surface area contributed by atoms with E-state index < -0.39 is 10.0 Å². The number of hydrogen-bond donors (Lipinski definition) is 1. The van der Waals surface area contributed by atoms with Crippen molar-refractivity contribution >= 4 is 31.6 Å². The van der Waals surface area contributed by atoms with Gasteiger partial charge in [-0.05, 0) is 48.5 Å². The second kappa shape index (κ2) is 5.22. The third kappa shape index (κ3) is 2.90. The first kappa shape index (κ1) is 13.9. The monoisotopic (exact) mass is 341 g/mol. The molecule has 2 aromatic carbocycles. The number of phenolic OH excluding ortho intramolecular Hbond substituents is 1. The number of anilines is 1. The zero-order valence-corrected chi connectivity index (χ0v) is 12.5. The molecule has 0 saturated carbocycles. The molecule has 0 heterocycles. The number of aromatic hydroxyl groups is 1. The fourth-order valence-electron chi connectivity index (χ4n) is 1.57. The van der Waals surface area contributed by atoms with Crippen molar-refractivity contribution in [2.45, 2.75) is 4.90 Å². The molecule has 19 heavy (non-hydrogen) atoms. The third-order valence-electron chi connectivity index (χ3n) is 2.69. The number of sulfonamides is 1. The highest BCUT2D eigenvalue weighted by molar-refractivity contribution is 9.10. The van der Waals surface area contributed by atoms with Gasteiger partial charge in [-0.1, -0.05) is 15.9 Å². The van der Waals surface area contributed by atoms with Crippen LogP contribution < -0.4 is 4.31 Å². The first-order valence-electron chi connectivity index (χ1n) is 5.45. The van der Waals surface area contributed by atoms with Crippen LogP contribution in [0.25, 0.3) is 0 Å². The molecular weight excluding hydrogens is 330 g/mol. The van der Waals surface area contributed by atoms with Crippen LogP contribution in [0.15, 0.2) is 57.9 Å². The summed E-state index contributed by atoms with van der Waals surface area (Å²) in [4.78, 5) is 0.135. The van der Waals surface area contributed by atoms with Gasteiger partial charge in [0.15, 0.2) is 0 Å². The largest absolute Gasteiger partial charge is 0.508 e. The molecule has 0 aromatic heterocycles. The van der Waals surface area contributed by atoms with E-state index in [4.69, 9.17) is 0 Å². The molecular formula is C13H12BrNO3S. The first-order valence-corrected chi connectivity index (χ1v) is 7.68. The van der Waals surface area contributed by atoms with Crippen molar-refractivity contribution in [3.8, 4) is 5.75 Å². The van der Waals surface area contributed by atoms with Crippen molar-refractivity contribution in [3.63, 3.8) is 0 Å². The van der Waals surface area contributed by atoms with Crippen LogP contribution in [0.2, 0.25) is 0 Å². The molecule has 0 bridgehead atoms. The molecule has 0 saturated heterocycles. The number of benzene rings is 2. The lowest BCUT2D eigenvalue weighted by atomic mass is 10.3. The van der Waals surface area contributed by atoms with E-state index in [1.807, 2.05) is 0 Å². The minimum atomic E-state index is -3.61. The van der Waals surface area contributed by atoms with Crippen molar-refractivity contribution in [3.05, 3.63) is 53.0 Å². The summed E-state index contributed by atoms with van der Waals surface area (Å²) in [6.45, 7) is 0. The van der Waals surface area contributed by atoms with Crippen molar-refractivity contribution in [2.75, 3.05) is 11.4 Å². The van der Waals surface area contributed by atoms with Gasteiger partial charge in [0, 0.05) is 11.5 Å². The Bertz CT molecular complexity index is 666. The molecule has 0 unspecified atom stereocenters. The summed E-state index contributed by atoms with van der Waals surface area (Å²) in [5.74, 6) is 0.0326. The zero-order chi connectivity index (χ0) is 14.0. The standard InChI is InChI=1S/C13H12BrNO3S/c1-15(11-4-2-10(14)3-5-11)19(17,18)13-8-6-12(16)7-9-13/h2-9,16H,1H3. The Hall–Kier alpha value is -1.53. The lowest BCUT2D eigenvalue weighted by Gasteiger charge is -2.19. The van der Waals surface area contributed by atoms with E-state index in [0.717, 1.165) is 4.47 Å². The molecule has 6 heteroatoms. The maximum Gasteiger partial charge on any atom is 0.264 e. The molecule has 1 N–H and O–H groups in total. The molecule has 0 atom stereocenters. The van der Waals surface area contributed by atoms with Crippen molar-refractivity contribution in [2.24, 2.45) is 0 Å². The Morgan fingerprint density at radius 3 is 2.05 bits per heavy atom. The van der Waals surface area contributed by atoms with E-state index in [1.54, 1.807) is 24.3 Å². The van der Waals surface area contributed by atoms with E-state index in [0.29, 0.717) is 5.69 Å². The summed E-state index contributed by atoms with van der Waals surface area (Å²) in [6.07, 6.45) is 0. The maximum atomic E-state index is 12.4. The smallest absolute Gasteiger partial charge is 0.264 e. The molecule has 0 aliphatic carbocycles. The van der Waals surface area contributed by atoms with E-state index in [1.165, 1.54) is 35.6 Å². The number of halogens is 1. The molecule has 0 radical (unpaired) electrons. The fourth-order valence-corrected chi connectivity index (χ4v) is 3.03. The predicted octanol–water partition coefficient (Wildman–Crippen LogP) is 2.98. The summed E-state index contributed by atoms with van der Waals surface area (Å²) in [6, 6.07) is 12.4. The summed E-state index contributed by atoms with van der Waals surface area (Å²) >= 11 is 3.30. The molecule has 2 rings (SSSR count). The average Bonchev–Trinajstić information content (AvgIpc) is 2.39. The van der Waals surface area contributed by atoms with Crippen LogP contribution in [-0.4, -0.2) is 20.6 Å². The van der Waals surface area contributed by atoms with Crippen molar-refractivity contribution in [1.82, 2.24) is 0 Å². The van der Waals surface area contributed by atoms with Crippen LogP contribution in [0.3, 0.4) is 0 Å². The van der Waals surface area contributed by atoms with Crippen LogP contribution in [0.5, 0.6) is 5.75 Å². The minimum absolute atomic E-state index is 0.0326. The minimum Gasteiger partial charge on any atom is -0.508 e. The van der Waals surface area contributed by atoms with Gasteiger partial charge >= 0.3 is 0 Å². The number of phenols is 1. The average molecular weight is 342 g/mol. The topological polar surface area (TPSA) is 57.6 Å². The summed E-state index contributed by atoms with van der Waals surface area (Å²) in [7, 11) is -2.12. The Kier molecular flexibility index (Phi) is 3.82. The van der Waals surface area contributed by atoms with Crippen molar-refractivity contribution in [1.29, 1.82) is 0 Å². The third-order valence-corrected chi connectivity index (χ3v) is 5.01. The van der Waals surface area contributed by atoms with Crippen LogP contribution in [-0.2, 0) is 10.0 Å². The Balaban J connectivity index is 2.39. The molecule has 0 amide bonds. The van der Waals surface area contributed by atoms with Gasteiger partial charge in [0.25, 0.3) is 10.0 Å². The van der Waals surface area contributed by atoms with Gasteiger partial charge in [0.1, 0.15) is 5.75 Å². The first-order chi connectivity index (χ1) is 8.91. The Morgan fingerprint density at radius 2 is 1.53 bits per heavy atom. The molecule has 4 nitrogen and oxygen atoms in total. The second-order valence-electron chi connectivity index (χ2n) is 3.94. The number of rotatable bonds is 3. The van der Waals surface area contributed by atoms with Crippen molar-refractivity contribution < 1.29 is 13.5 Å². The molecule has 0 fully saturated rings. The number of nitrogens with zero attached hydrogens (tertiary/aromatic N) is 1. The summed E-state index contributed by atoms with van der Waals surface area (Å²) < 4.78 is 26.8. The fraction of sp³-hybridized carbons (Fsp3) is 0.0769. The van der Waals surface area contributed by atoms with Crippen LogP contribution in [0.4, 0.5) is 5.69 Å². The van der Waals surface area contributed by atoms with Gasteiger partial charge in [-0.2, -0.15) is 0 Å². The number of hydrogen-bond acceptors (Lipinski definition) is 3. The highest BCUT2D eigenvalue weighted by Gasteiger charge is 2.20. The van der Waals surface area contributed by atoms with Crippen LogP contribution in [0.1, 0.15) is 0 Å². The van der Waals surface area contributed by atoms with E-state index in [2.05, 4.69) is 15.9 Å². The summed E-state index contributed by atoms with van der Waals surface area (Å²) in [5.41, 5.74) is 0.566. The molecule has 0 spiro atoms. The SMILES string of the molecule is CN(c1ccc(Br)cc1)S(=O)(=O)c1ccc(O)cc1. The van der Waals surface area contributed by atoms with Crippen LogP contribution >= 0.6 is 15.9 Å². The quantitative estimate of drug-likeness (QED) is 0.933. The van der Waals surface area contributed by atoms with Gasteiger partial charge in [0.2, 0.25) is 0 Å². The lowest BCUT2D eigenvalue weighted by molar-refractivity contribution is 0.475. The normalized spacial score (nSPS) is 11.3. The van der Waals surface area contributed by atoms with Gasteiger partial charge in [-0.25, -0.2) is 8.42 Å². The van der Waals surface area contributed by atoms with E-state index >= 15 is 0 Å². The van der Waals surface area contributed by atoms with E-state index in [9.17, 15) is 13.5 Å². The zero-order valence-electron chi connectivity index (χ0n) is 10.1. The molecule has 0 aliphatic heterocycles. The molecule has 0 aliphatic rings. The summed E-state index contributed by atoms with van der Waals surface area (Å²) in [5, 5.41) is 9.19. The van der Waals surface area contributed by atoms with Crippen LogP contribution in [0, 0.1) is 0 Å². The predicted molar refractivity (Wildman–Crippen MR) is 77.8 cm³/mol. The van der Waals surface area contributed by atoms with E-state index in [-0.39, 0.29) is 10.6 Å².